The third-order valence-electron chi connectivity index (χ3n) is 6.60. The first kappa shape index (κ1) is 24.7. The molecule has 184 valence electrons. The van der Waals surface area contributed by atoms with E-state index >= 15 is 0 Å². The molecule has 0 atom stereocenters. The number of piperidine rings is 2. The fraction of sp³-hybridized carbons (Fsp3) is 0.565. The Kier molecular flexibility index (Phi) is 7.28. The minimum atomic E-state index is -4.49. The van der Waals surface area contributed by atoms with Crippen molar-refractivity contribution >= 4 is 17.5 Å². The predicted molar refractivity (Wildman–Crippen MR) is 120 cm³/mol. The summed E-state index contributed by atoms with van der Waals surface area (Å²) in [5.74, 6) is 0.0255. The number of hydrogen-bond acceptors (Lipinski definition) is 6. The second kappa shape index (κ2) is 10.0. The first-order valence-corrected chi connectivity index (χ1v) is 11.7. The Balaban J connectivity index is 1.27. The summed E-state index contributed by atoms with van der Waals surface area (Å²) < 4.78 is 44.2. The van der Waals surface area contributed by atoms with Crippen LogP contribution >= 0.6 is 11.6 Å². The van der Waals surface area contributed by atoms with Crippen molar-refractivity contribution in [1.29, 1.82) is 0 Å². The van der Waals surface area contributed by atoms with Gasteiger partial charge in [-0.1, -0.05) is 11.6 Å². The van der Waals surface area contributed by atoms with Crippen molar-refractivity contribution in [3.05, 3.63) is 46.1 Å². The van der Waals surface area contributed by atoms with Crippen LogP contribution in [0.4, 0.5) is 13.2 Å². The Morgan fingerprint density at radius 1 is 1.03 bits per heavy atom. The van der Waals surface area contributed by atoms with Crippen molar-refractivity contribution in [2.45, 2.75) is 57.9 Å². The van der Waals surface area contributed by atoms with Crippen LogP contribution in [-0.2, 0) is 6.18 Å². The van der Waals surface area contributed by atoms with Gasteiger partial charge in [-0.15, -0.1) is 0 Å². The van der Waals surface area contributed by atoms with Crippen molar-refractivity contribution < 1.29 is 22.7 Å². The van der Waals surface area contributed by atoms with Crippen LogP contribution in [0.5, 0.6) is 5.88 Å². The molecule has 0 spiro atoms. The number of aryl methyl sites for hydroxylation is 2. The highest BCUT2D eigenvalue weighted by Crippen LogP contribution is 2.34. The lowest BCUT2D eigenvalue weighted by atomic mass is 9.98. The average molecular weight is 498 g/mol. The summed E-state index contributed by atoms with van der Waals surface area (Å²) in [4.78, 5) is 29.4. The Labute approximate surface area is 201 Å². The molecule has 2 aliphatic rings. The fourth-order valence-corrected chi connectivity index (χ4v) is 4.89. The van der Waals surface area contributed by atoms with Gasteiger partial charge < -0.3 is 9.64 Å². The molecule has 4 rings (SSSR count). The summed E-state index contributed by atoms with van der Waals surface area (Å²) in [6.45, 7) is 6.64. The maximum atomic E-state index is 13.0. The zero-order chi connectivity index (χ0) is 24.5. The molecular formula is C23H27ClF3N5O2. The molecule has 2 aliphatic heterocycles. The molecule has 2 saturated heterocycles. The smallest absolute Gasteiger partial charge is 0.417 e. The maximum absolute atomic E-state index is 13.0. The molecule has 4 heterocycles. The standard InChI is InChI=1S/C23H27ClF3N5O2/c1-14-20(15(2)30-13-29-14)22(33)32-7-3-17(4-8-32)31-9-5-18(6-10-31)34-21-19(24)11-16(12-28-21)23(25,26)27/h11-13,17-18H,3-10H2,1-2H3. The number of halogens is 4. The van der Waals surface area contributed by atoms with E-state index in [1.54, 1.807) is 0 Å². The number of ether oxygens (including phenoxy) is 1. The molecular weight excluding hydrogens is 471 g/mol. The van der Waals surface area contributed by atoms with E-state index in [2.05, 4.69) is 19.9 Å². The normalized spacial score (nSPS) is 18.8. The monoisotopic (exact) mass is 497 g/mol. The molecule has 2 fully saturated rings. The van der Waals surface area contributed by atoms with Gasteiger partial charge in [0.15, 0.2) is 0 Å². The topological polar surface area (TPSA) is 71.5 Å². The van der Waals surface area contributed by atoms with Crippen LogP contribution in [0.25, 0.3) is 0 Å². The molecule has 0 radical (unpaired) electrons. The van der Waals surface area contributed by atoms with Crippen LogP contribution in [0, 0.1) is 13.8 Å². The zero-order valence-corrected chi connectivity index (χ0v) is 19.9. The largest absolute Gasteiger partial charge is 0.473 e. The van der Waals surface area contributed by atoms with Gasteiger partial charge in [0.05, 0.1) is 22.5 Å². The van der Waals surface area contributed by atoms with Gasteiger partial charge in [0, 0.05) is 38.4 Å². The van der Waals surface area contributed by atoms with Crippen molar-refractivity contribution in [3.8, 4) is 5.88 Å². The van der Waals surface area contributed by atoms with Crippen molar-refractivity contribution in [2.24, 2.45) is 0 Å². The van der Waals surface area contributed by atoms with Gasteiger partial charge in [-0.25, -0.2) is 15.0 Å². The van der Waals surface area contributed by atoms with Crippen LogP contribution < -0.4 is 4.74 Å². The van der Waals surface area contributed by atoms with Gasteiger partial charge in [-0.2, -0.15) is 13.2 Å². The molecule has 2 aromatic rings. The lowest BCUT2D eigenvalue weighted by Crippen LogP contribution is -2.50. The molecule has 7 nitrogen and oxygen atoms in total. The van der Waals surface area contributed by atoms with E-state index in [1.807, 2.05) is 18.7 Å². The quantitative estimate of drug-likeness (QED) is 0.627. The van der Waals surface area contributed by atoms with E-state index in [1.165, 1.54) is 6.33 Å². The van der Waals surface area contributed by atoms with Crippen LogP contribution in [-0.4, -0.2) is 69.0 Å². The number of carbonyl (C=O) groups excluding carboxylic acids is 1. The number of nitrogens with zero attached hydrogens (tertiary/aromatic N) is 5. The fourth-order valence-electron chi connectivity index (χ4n) is 4.68. The first-order chi connectivity index (χ1) is 16.1. The molecule has 2 aromatic heterocycles. The predicted octanol–water partition coefficient (Wildman–Crippen LogP) is 4.31. The van der Waals surface area contributed by atoms with E-state index in [0.717, 1.165) is 51.0 Å². The number of pyridine rings is 1. The summed E-state index contributed by atoms with van der Waals surface area (Å²) >= 11 is 5.97. The highest BCUT2D eigenvalue weighted by atomic mass is 35.5. The van der Waals surface area contributed by atoms with Gasteiger partial charge in [-0.3, -0.25) is 9.69 Å². The summed E-state index contributed by atoms with van der Waals surface area (Å²) in [6, 6.07) is 1.23. The highest BCUT2D eigenvalue weighted by molar-refractivity contribution is 6.31. The van der Waals surface area contributed by atoms with Crippen LogP contribution in [0.3, 0.4) is 0 Å². The number of amides is 1. The molecule has 34 heavy (non-hydrogen) atoms. The molecule has 0 N–H and O–H groups in total. The van der Waals surface area contributed by atoms with Gasteiger partial charge in [0.1, 0.15) is 17.5 Å². The van der Waals surface area contributed by atoms with E-state index in [9.17, 15) is 18.0 Å². The lowest BCUT2D eigenvalue weighted by Gasteiger charge is -2.41. The SMILES string of the molecule is Cc1ncnc(C)c1C(=O)N1CCC(N2CCC(Oc3ncc(C(F)(F)F)cc3Cl)CC2)CC1. The number of alkyl halides is 3. The molecule has 0 unspecified atom stereocenters. The van der Waals surface area contributed by atoms with Crippen molar-refractivity contribution in [2.75, 3.05) is 26.2 Å². The summed E-state index contributed by atoms with van der Waals surface area (Å²) in [6.07, 6.45) is 0.815. The number of aromatic nitrogens is 3. The summed E-state index contributed by atoms with van der Waals surface area (Å²) in [5, 5.41) is -0.136. The third kappa shape index (κ3) is 5.43. The second-order valence-electron chi connectivity index (χ2n) is 8.80. The van der Waals surface area contributed by atoms with E-state index in [4.69, 9.17) is 16.3 Å². The number of likely N-dealkylation sites (tertiary alicyclic amines) is 2. The average Bonchev–Trinajstić information content (AvgIpc) is 2.80. The minimum absolute atomic E-state index is 0.0120. The first-order valence-electron chi connectivity index (χ1n) is 11.3. The Morgan fingerprint density at radius 2 is 1.65 bits per heavy atom. The van der Waals surface area contributed by atoms with Crippen LogP contribution in [0.15, 0.2) is 18.6 Å². The molecule has 0 saturated carbocycles. The number of hydrogen-bond donors (Lipinski definition) is 0. The van der Waals surface area contributed by atoms with Crippen LogP contribution in [0.1, 0.15) is 53.0 Å². The molecule has 11 heteroatoms. The Hall–Kier alpha value is -2.46. The van der Waals surface area contributed by atoms with Crippen LogP contribution in [0.2, 0.25) is 5.02 Å². The van der Waals surface area contributed by atoms with E-state index in [-0.39, 0.29) is 22.9 Å². The van der Waals surface area contributed by atoms with Gasteiger partial charge in [0.2, 0.25) is 5.88 Å². The van der Waals surface area contributed by atoms with Crippen molar-refractivity contribution in [3.63, 3.8) is 0 Å². The Morgan fingerprint density at radius 3 is 2.21 bits per heavy atom. The molecule has 0 aromatic carbocycles. The van der Waals surface area contributed by atoms with Crippen molar-refractivity contribution in [1.82, 2.24) is 24.8 Å². The molecule has 1 amide bonds. The van der Waals surface area contributed by atoms with Gasteiger partial charge in [0.25, 0.3) is 5.91 Å². The summed E-state index contributed by atoms with van der Waals surface area (Å²) in [5.41, 5.74) is 1.10. The third-order valence-corrected chi connectivity index (χ3v) is 6.87. The molecule has 0 aliphatic carbocycles. The maximum Gasteiger partial charge on any atom is 0.417 e. The summed E-state index contributed by atoms with van der Waals surface area (Å²) in [7, 11) is 0. The van der Waals surface area contributed by atoms with Gasteiger partial charge in [-0.05, 0) is 45.6 Å². The van der Waals surface area contributed by atoms with E-state index in [0.29, 0.717) is 36.1 Å². The lowest BCUT2D eigenvalue weighted by molar-refractivity contribution is -0.137. The second-order valence-corrected chi connectivity index (χ2v) is 9.21. The highest BCUT2D eigenvalue weighted by Gasteiger charge is 2.33. The Bertz CT molecular complexity index is 1020. The number of carbonyl (C=O) groups is 1. The zero-order valence-electron chi connectivity index (χ0n) is 19.1. The minimum Gasteiger partial charge on any atom is -0.473 e. The number of rotatable bonds is 4. The molecule has 0 bridgehead atoms. The van der Waals surface area contributed by atoms with Gasteiger partial charge >= 0.3 is 6.18 Å². The van der Waals surface area contributed by atoms with E-state index < -0.39 is 11.7 Å².